The van der Waals surface area contributed by atoms with Crippen molar-refractivity contribution in [3.8, 4) is 17.6 Å². The Morgan fingerprint density at radius 3 is 1.93 bits per heavy atom. The topological polar surface area (TPSA) is 59.7 Å². The molecule has 6 heteroatoms. The van der Waals surface area contributed by atoms with Crippen molar-refractivity contribution in [3.05, 3.63) is 170 Å². The first-order chi connectivity index (χ1) is 22.1. The predicted octanol–water partition coefficient (Wildman–Crippen LogP) is 8.62. The highest BCUT2D eigenvalue weighted by Crippen LogP contribution is 2.48. The van der Waals surface area contributed by atoms with Crippen LogP contribution in [0.15, 0.2) is 164 Å². The van der Waals surface area contributed by atoms with Gasteiger partial charge in [0.05, 0.1) is 29.5 Å². The standard InChI is InChI=1S/C39H34BN3O2/c1-3-5-15-32(4-2)42(33-16-9-6-10-17-33)37-27-39(45-29-40-31-24-22-30(28-41)23-25-31)38(44)26-36(37)43(34-18-11-7-12-19-34)35-20-13-8-14-21-35/h3-27,40,44H,1,29H2,2H3/b15-5-,32-4+. The molecule has 1 N–H and O–H groups in total. The van der Waals surface area contributed by atoms with Gasteiger partial charge in [0.1, 0.15) is 0 Å². The lowest BCUT2D eigenvalue weighted by atomic mass is 9.71. The number of hydrogen-bond acceptors (Lipinski definition) is 5. The molecule has 5 aromatic carbocycles. The van der Waals surface area contributed by atoms with Crippen molar-refractivity contribution < 1.29 is 9.84 Å². The van der Waals surface area contributed by atoms with E-state index in [4.69, 9.17) is 10.00 Å². The number of rotatable bonds is 12. The minimum Gasteiger partial charge on any atom is -0.504 e. The Balaban J connectivity index is 1.68. The first kappa shape index (κ1) is 30.5. The number of allylic oxidation sites excluding steroid dienone is 4. The number of aromatic hydroxyl groups is 1. The average Bonchev–Trinajstić information content (AvgIpc) is 3.09. The smallest absolute Gasteiger partial charge is 0.203 e. The van der Waals surface area contributed by atoms with Crippen molar-refractivity contribution in [2.45, 2.75) is 6.92 Å². The van der Waals surface area contributed by atoms with Crippen LogP contribution in [0.3, 0.4) is 0 Å². The molecule has 0 saturated heterocycles. The van der Waals surface area contributed by atoms with E-state index >= 15 is 0 Å². The Morgan fingerprint density at radius 2 is 1.40 bits per heavy atom. The fraction of sp³-hybridized carbons (Fsp3) is 0.0513. The maximum atomic E-state index is 11.5. The van der Waals surface area contributed by atoms with Gasteiger partial charge in [-0.1, -0.05) is 97.0 Å². The minimum absolute atomic E-state index is 0.0297. The Labute approximate surface area is 266 Å². The molecule has 45 heavy (non-hydrogen) atoms. The van der Waals surface area contributed by atoms with Crippen molar-refractivity contribution in [1.82, 2.24) is 0 Å². The van der Waals surface area contributed by atoms with Gasteiger partial charge in [0.15, 0.2) is 11.5 Å². The zero-order valence-electron chi connectivity index (χ0n) is 25.3. The molecule has 5 rings (SSSR count). The van der Waals surface area contributed by atoms with Crippen molar-refractivity contribution in [3.63, 3.8) is 0 Å². The van der Waals surface area contributed by atoms with Crippen LogP contribution in [0, 0.1) is 11.3 Å². The molecular weight excluding hydrogens is 553 g/mol. The van der Waals surface area contributed by atoms with Gasteiger partial charge in [0.2, 0.25) is 7.28 Å². The van der Waals surface area contributed by atoms with Crippen LogP contribution >= 0.6 is 0 Å². The van der Waals surface area contributed by atoms with Crippen LogP contribution in [-0.2, 0) is 0 Å². The molecule has 0 unspecified atom stereocenters. The van der Waals surface area contributed by atoms with Crippen molar-refractivity contribution >= 4 is 41.2 Å². The number of nitrogens with zero attached hydrogens (tertiary/aromatic N) is 3. The third kappa shape index (κ3) is 7.36. The highest BCUT2D eigenvalue weighted by molar-refractivity contribution is 6.53. The highest BCUT2D eigenvalue weighted by Gasteiger charge is 2.25. The molecule has 220 valence electrons. The molecule has 5 nitrogen and oxygen atoms in total. The summed E-state index contributed by atoms with van der Waals surface area (Å²) in [7, 11) is 0.618. The van der Waals surface area contributed by atoms with Gasteiger partial charge in [-0.2, -0.15) is 5.26 Å². The lowest BCUT2D eigenvalue weighted by Crippen LogP contribution is -2.22. The molecule has 0 bridgehead atoms. The summed E-state index contributed by atoms with van der Waals surface area (Å²) in [6.07, 6.45) is 7.72. The maximum absolute atomic E-state index is 11.5. The fourth-order valence-electron chi connectivity index (χ4n) is 5.10. The largest absolute Gasteiger partial charge is 0.504 e. The number of ether oxygens (including phenoxy) is 1. The molecule has 0 heterocycles. The molecule has 0 amide bonds. The summed E-state index contributed by atoms with van der Waals surface area (Å²) < 4.78 is 6.25. The summed E-state index contributed by atoms with van der Waals surface area (Å²) in [5.41, 5.74) is 6.97. The summed E-state index contributed by atoms with van der Waals surface area (Å²) in [5, 5.41) is 20.6. The van der Waals surface area contributed by atoms with E-state index in [2.05, 4.69) is 58.8 Å². The van der Waals surface area contributed by atoms with Crippen molar-refractivity contribution in [2.24, 2.45) is 0 Å². The van der Waals surface area contributed by atoms with Crippen LogP contribution in [0.2, 0.25) is 0 Å². The van der Waals surface area contributed by atoms with E-state index < -0.39 is 0 Å². The Kier molecular flexibility index (Phi) is 10.2. The third-order valence-electron chi connectivity index (χ3n) is 7.27. The molecule has 0 atom stereocenters. The monoisotopic (exact) mass is 587 g/mol. The van der Waals surface area contributed by atoms with Crippen LogP contribution in [0.1, 0.15) is 12.5 Å². The summed E-state index contributed by atoms with van der Waals surface area (Å²) in [4.78, 5) is 4.29. The molecule has 0 radical (unpaired) electrons. The normalized spacial score (nSPS) is 11.1. The molecular formula is C39H34BN3O2. The van der Waals surface area contributed by atoms with E-state index in [1.807, 2.05) is 97.9 Å². The number of para-hydroxylation sites is 3. The molecule has 0 aliphatic rings. The first-order valence-electron chi connectivity index (χ1n) is 14.8. The third-order valence-corrected chi connectivity index (χ3v) is 7.27. The number of phenols is 1. The molecule has 0 fully saturated rings. The number of hydrogen-bond donors (Lipinski definition) is 1. The predicted molar refractivity (Wildman–Crippen MR) is 188 cm³/mol. The van der Waals surface area contributed by atoms with Gasteiger partial charge in [-0.05, 0) is 61.5 Å². The molecule has 0 aromatic heterocycles. The highest BCUT2D eigenvalue weighted by atomic mass is 16.5. The van der Waals surface area contributed by atoms with E-state index in [0.29, 0.717) is 25.1 Å². The minimum atomic E-state index is 0.0297. The number of nitriles is 1. The summed E-state index contributed by atoms with van der Waals surface area (Å²) in [6.45, 7) is 6.23. The second-order valence-corrected chi connectivity index (χ2v) is 10.2. The average molecular weight is 588 g/mol. The summed E-state index contributed by atoms with van der Waals surface area (Å²) in [6, 6.07) is 43.6. The van der Waals surface area contributed by atoms with E-state index in [-0.39, 0.29) is 5.75 Å². The van der Waals surface area contributed by atoms with Crippen molar-refractivity contribution in [1.29, 1.82) is 5.26 Å². The van der Waals surface area contributed by atoms with Gasteiger partial charge in [-0.3, -0.25) is 0 Å². The molecule has 0 aliphatic heterocycles. The van der Waals surface area contributed by atoms with Gasteiger partial charge in [0, 0.05) is 34.9 Å². The molecule has 0 spiro atoms. The Hall–Kier alpha value is -5.93. The molecule has 5 aromatic rings. The maximum Gasteiger partial charge on any atom is 0.203 e. The van der Waals surface area contributed by atoms with Gasteiger partial charge < -0.3 is 19.6 Å². The van der Waals surface area contributed by atoms with Crippen LogP contribution in [-0.4, -0.2) is 18.9 Å². The van der Waals surface area contributed by atoms with Crippen LogP contribution in [0.5, 0.6) is 11.5 Å². The zero-order valence-corrected chi connectivity index (χ0v) is 25.3. The van der Waals surface area contributed by atoms with Crippen LogP contribution in [0.25, 0.3) is 0 Å². The van der Waals surface area contributed by atoms with Crippen LogP contribution < -0.4 is 20.0 Å². The van der Waals surface area contributed by atoms with E-state index in [1.54, 1.807) is 24.3 Å². The van der Waals surface area contributed by atoms with E-state index in [9.17, 15) is 5.11 Å². The van der Waals surface area contributed by atoms with Crippen LogP contribution in [0.4, 0.5) is 28.4 Å². The second-order valence-electron chi connectivity index (χ2n) is 10.2. The first-order valence-corrected chi connectivity index (χ1v) is 14.8. The van der Waals surface area contributed by atoms with E-state index in [1.165, 1.54) is 0 Å². The lowest BCUT2D eigenvalue weighted by Gasteiger charge is -2.34. The summed E-state index contributed by atoms with van der Waals surface area (Å²) >= 11 is 0. The number of anilines is 5. The quantitative estimate of drug-likeness (QED) is 0.117. The fourth-order valence-corrected chi connectivity index (χ4v) is 5.10. The van der Waals surface area contributed by atoms with Gasteiger partial charge in [-0.15, -0.1) is 0 Å². The second kappa shape index (κ2) is 15.0. The Morgan fingerprint density at radius 1 is 0.822 bits per heavy atom. The Bertz CT molecular complexity index is 1770. The molecule has 0 aliphatic carbocycles. The van der Waals surface area contributed by atoms with Gasteiger partial charge in [0.25, 0.3) is 0 Å². The van der Waals surface area contributed by atoms with Gasteiger partial charge >= 0.3 is 0 Å². The lowest BCUT2D eigenvalue weighted by molar-refractivity contribution is 0.353. The van der Waals surface area contributed by atoms with Gasteiger partial charge in [-0.25, -0.2) is 0 Å². The molecule has 0 saturated carbocycles. The number of benzene rings is 5. The zero-order chi connectivity index (χ0) is 31.4. The van der Waals surface area contributed by atoms with Crippen molar-refractivity contribution in [2.75, 3.05) is 16.3 Å². The SMILES string of the molecule is C=C/C=C\C(=C/C)N(c1ccccc1)c1cc(OCBc2ccc(C#N)cc2)c(O)cc1N(c1ccccc1)c1ccccc1. The summed E-state index contributed by atoms with van der Waals surface area (Å²) in [5.74, 6) is 0.398. The number of phenolic OH excluding ortho intramolecular Hbond substituents is 1. The van der Waals surface area contributed by atoms with E-state index in [0.717, 1.165) is 39.6 Å².